The molecule has 0 N–H and O–H groups in total. The molecule has 1 aliphatic rings. The van der Waals surface area contributed by atoms with Gasteiger partial charge in [-0.2, -0.15) is 10.2 Å². The van der Waals surface area contributed by atoms with Gasteiger partial charge in [0.1, 0.15) is 6.04 Å². The van der Waals surface area contributed by atoms with Crippen LogP contribution < -0.4 is 0 Å². The molecule has 1 aliphatic heterocycles. The Bertz CT molecular complexity index is 581. The number of nitrogens with zero attached hydrogens (tertiary/aromatic N) is 2. The van der Waals surface area contributed by atoms with Gasteiger partial charge in [0.25, 0.3) is 0 Å². The molecule has 18 heavy (non-hydrogen) atoms. The van der Waals surface area contributed by atoms with Crippen LogP contribution in [0.5, 0.6) is 0 Å². The van der Waals surface area contributed by atoms with E-state index in [0.29, 0.717) is 12.0 Å². The summed E-state index contributed by atoms with van der Waals surface area (Å²) in [6.07, 6.45) is 0.714. The van der Waals surface area contributed by atoms with Crippen molar-refractivity contribution in [1.82, 2.24) is 0 Å². The normalized spacial score (nSPS) is 22.6. The lowest BCUT2D eigenvalue weighted by molar-refractivity contribution is 0.505. The SMILES string of the molecule is Fc1ccc(C2CC(c3cccs3)N=N2)cc1F. The van der Waals surface area contributed by atoms with Crippen molar-refractivity contribution in [1.29, 1.82) is 0 Å². The fourth-order valence-electron chi connectivity index (χ4n) is 2.04. The van der Waals surface area contributed by atoms with E-state index in [-0.39, 0.29) is 12.1 Å². The standard InChI is InChI=1S/C13H10F2N2S/c14-9-4-3-8(6-10(9)15)11-7-12(17-16-11)13-2-1-5-18-13/h1-6,11-12H,7H2. The first-order chi connectivity index (χ1) is 8.74. The van der Waals surface area contributed by atoms with E-state index in [1.54, 1.807) is 17.4 Å². The van der Waals surface area contributed by atoms with Crippen molar-refractivity contribution in [3.8, 4) is 0 Å². The molecule has 0 spiro atoms. The smallest absolute Gasteiger partial charge is 0.159 e. The second kappa shape index (κ2) is 4.57. The minimum atomic E-state index is -0.831. The number of hydrogen-bond acceptors (Lipinski definition) is 3. The lowest BCUT2D eigenvalue weighted by atomic mass is 10.0. The van der Waals surface area contributed by atoms with Crippen LogP contribution in [0.4, 0.5) is 8.78 Å². The summed E-state index contributed by atoms with van der Waals surface area (Å²) >= 11 is 1.64. The molecule has 5 heteroatoms. The first kappa shape index (κ1) is 11.5. The van der Waals surface area contributed by atoms with Gasteiger partial charge >= 0.3 is 0 Å². The van der Waals surface area contributed by atoms with E-state index < -0.39 is 11.6 Å². The number of rotatable bonds is 2. The van der Waals surface area contributed by atoms with Crippen LogP contribution in [0.1, 0.15) is 28.9 Å². The monoisotopic (exact) mass is 264 g/mol. The van der Waals surface area contributed by atoms with Gasteiger partial charge < -0.3 is 0 Å². The Labute approximate surface area is 107 Å². The van der Waals surface area contributed by atoms with Crippen molar-refractivity contribution in [2.75, 3.05) is 0 Å². The highest BCUT2D eigenvalue weighted by Crippen LogP contribution is 2.40. The predicted octanol–water partition coefficient (Wildman–Crippen LogP) is 4.66. The minimum absolute atomic E-state index is 0.0446. The topological polar surface area (TPSA) is 24.7 Å². The largest absolute Gasteiger partial charge is 0.204 e. The average molecular weight is 264 g/mol. The Morgan fingerprint density at radius 1 is 1.06 bits per heavy atom. The van der Waals surface area contributed by atoms with Crippen LogP contribution >= 0.6 is 11.3 Å². The zero-order chi connectivity index (χ0) is 12.5. The van der Waals surface area contributed by atoms with E-state index in [2.05, 4.69) is 10.2 Å². The summed E-state index contributed by atoms with van der Waals surface area (Å²) in [5.41, 5.74) is 0.678. The fraction of sp³-hybridized carbons (Fsp3) is 0.231. The summed E-state index contributed by atoms with van der Waals surface area (Å²) in [4.78, 5) is 1.16. The van der Waals surface area contributed by atoms with Gasteiger partial charge in [-0.3, -0.25) is 0 Å². The van der Waals surface area contributed by atoms with Gasteiger partial charge in [0.05, 0.1) is 6.04 Å². The summed E-state index contributed by atoms with van der Waals surface area (Å²) in [6.45, 7) is 0. The highest BCUT2D eigenvalue weighted by molar-refractivity contribution is 7.10. The summed E-state index contributed by atoms with van der Waals surface area (Å²) in [6, 6.07) is 7.77. The van der Waals surface area contributed by atoms with Gasteiger partial charge in [0, 0.05) is 11.3 Å². The molecular weight excluding hydrogens is 254 g/mol. The van der Waals surface area contributed by atoms with E-state index in [9.17, 15) is 8.78 Å². The molecule has 2 aromatic rings. The molecule has 0 saturated carbocycles. The van der Waals surface area contributed by atoms with Gasteiger partial charge in [-0.25, -0.2) is 8.78 Å². The molecule has 2 heterocycles. The van der Waals surface area contributed by atoms with Crippen molar-refractivity contribution in [2.24, 2.45) is 10.2 Å². The van der Waals surface area contributed by atoms with Gasteiger partial charge in [0.2, 0.25) is 0 Å². The second-order valence-corrected chi connectivity index (χ2v) is 5.17. The molecule has 0 fully saturated rings. The molecular formula is C13H10F2N2S. The number of hydrogen-bond donors (Lipinski definition) is 0. The lowest BCUT2D eigenvalue weighted by Gasteiger charge is -2.07. The van der Waals surface area contributed by atoms with Crippen molar-refractivity contribution < 1.29 is 8.78 Å². The molecule has 2 unspecified atom stereocenters. The maximum Gasteiger partial charge on any atom is 0.159 e. The molecule has 2 atom stereocenters. The van der Waals surface area contributed by atoms with Gasteiger partial charge in [-0.05, 0) is 29.1 Å². The zero-order valence-corrected chi connectivity index (χ0v) is 10.2. The highest BCUT2D eigenvalue weighted by atomic mass is 32.1. The van der Waals surface area contributed by atoms with Crippen molar-refractivity contribution in [3.05, 3.63) is 57.8 Å². The molecule has 1 aromatic carbocycles. The first-order valence-corrected chi connectivity index (χ1v) is 6.50. The Hall–Kier alpha value is -1.62. The molecule has 92 valence electrons. The Balaban J connectivity index is 1.80. The van der Waals surface area contributed by atoms with Crippen LogP contribution in [-0.2, 0) is 0 Å². The number of thiophene rings is 1. The number of benzene rings is 1. The van der Waals surface area contributed by atoms with Crippen LogP contribution in [0.25, 0.3) is 0 Å². The average Bonchev–Trinajstić information content (AvgIpc) is 3.01. The minimum Gasteiger partial charge on any atom is -0.204 e. The lowest BCUT2D eigenvalue weighted by Crippen LogP contribution is -1.97. The van der Waals surface area contributed by atoms with Crippen molar-refractivity contribution >= 4 is 11.3 Å². The molecule has 3 rings (SSSR count). The summed E-state index contributed by atoms with van der Waals surface area (Å²) in [5, 5.41) is 10.4. The summed E-state index contributed by atoms with van der Waals surface area (Å²) in [7, 11) is 0. The van der Waals surface area contributed by atoms with Gasteiger partial charge in [-0.15, -0.1) is 11.3 Å². The van der Waals surface area contributed by atoms with E-state index in [1.165, 1.54) is 6.07 Å². The van der Waals surface area contributed by atoms with Crippen LogP contribution in [0.3, 0.4) is 0 Å². The fourth-order valence-corrected chi connectivity index (χ4v) is 2.81. The molecule has 1 aromatic heterocycles. The van der Waals surface area contributed by atoms with Crippen LogP contribution in [0.15, 0.2) is 45.9 Å². The predicted molar refractivity (Wildman–Crippen MR) is 65.6 cm³/mol. The Kier molecular flexibility index (Phi) is 2.91. The molecule has 0 saturated heterocycles. The van der Waals surface area contributed by atoms with E-state index in [1.807, 2.05) is 17.5 Å². The van der Waals surface area contributed by atoms with E-state index >= 15 is 0 Å². The Morgan fingerprint density at radius 2 is 1.89 bits per heavy atom. The van der Waals surface area contributed by atoms with E-state index in [0.717, 1.165) is 10.9 Å². The number of halogens is 2. The highest BCUT2D eigenvalue weighted by Gasteiger charge is 2.26. The van der Waals surface area contributed by atoms with Crippen LogP contribution in [0, 0.1) is 11.6 Å². The first-order valence-electron chi connectivity index (χ1n) is 5.62. The zero-order valence-electron chi connectivity index (χ0n) is 9.38. The summed E-state index contributed by atoms with van der Waals surface area (Å²) < 4.78 is 26.0. The summed E-state index contributed by atoms with van der Waals surface area (Å²) in [5.74, 6) is -1.66. The second-order valence-electron chi connectivity index (χ2n) is 4.19. The quantitative estimate of drug-likeness (QED) is 0.753. The van der Waals surface area contributed by atoms with Crippen molar-refractivity contribution in [3.63, 3.8) is 0 Å². The van der Waals surface area contributed by atoms with Crippen LogP contribution in [0.2, 0.25) is 0 Å². The maximum atomic E-state index is 13.2. The Morgan fingerprint density at radius 3 is 2.61 bits per heavy atom. The van der Waals surface area contributed by atoms with Gasteiger partial charge in [-0.1, -0.05) is 12.1 Å². The molecule has 0 radical (unpaired) electrons. The molecule has 0 amide bonds. The van der Waals surface area contributed by atoms with E-state index in [4.69, 9.17) is 0 Å². The third-order valence-corrected chi connectivity index (χ3v) is 3.97. The molecule has 0 aliphatic carbocycles. The van der Waals surface area contributed by atoms with Crippen molar-refractivity contribution in [2.45, 2.75) is 18.5 Å². The third-order valence-electron chi connectivity index (χ3n) is 2.99. The van der Waals surface area contributed by atoms with Gasteiger partial charge in [0.15, 0.2) is 11.6 Å². The molecule has 2 nitrogen and oxygen atoms in total. The third kappa shape index (κ3) is 2.06. The molecule has 0 bridgehead atoms. The van der Waals surface area contributed by atoms with Crippen LogP contribution in [-0.4, -0.2) is 0 Å². The number of azo groups is 1. The maximum absolute atomic E-state index is 13.2.